The van der Waals surface area contributed by atoms with E-state index < -0.39 is 11.7 Å². The molecule has 19 heavy (non-hydrogen) atoms. The molecule has 1 aromatic heterocycles. The molecule has 5 heteroatoms. The third kappa shape index (κ3) is 2.38. The van der Waals surface area contributed by atoms with Crippen LogP contribution in [0.3, 0.4) is 0 Å². The zero-order chi connectivity index (χ0) is 13.6. The highest BCUT2D eigenvalue weighted by atomic mass is 19.4. The molecule has 1 saturated carbocycles. The van der Waals surface area contributed by atoms with E-state index in [1.54, 1.807) is 18.2 Å². The van der Waals surface area contributed by atoms with Crippen LogP contribution in [0.5, 0.6) is 0 Å². The van der Waals surface area contributed by atoms with Crippen molar-refractivity contribution in [2.75, 3.05) is 0 Å². The van der Waals surface area contributed by atoms with Crippen LogP contribution >= 0.6 is 0 Å². The molecule has 0 spiro atoms. The Labute approximate surface area is 108 Å². The van der Waals surface area contributed by atoms with Gasteiger partial charge in [0.15, 0.2) is 0 Å². The smallest absolute Gasteiger partial charge is 0.416 e. The second-order valence-electron chi connectivity index (χ2n) is 4.79. The number of hydrogen-bond acceptors (Lipinski definition) is 2. The molecule has 0 unspecified atom stereocenters. The summed E-state index contributed by atoms with van der Waals surface area (Å²) < 4.78 is 43.5. The quantitative estimate of drug-likeness (QED) is 0.899. The third-order valence-electron chi connectivity index (χ3n) is 3.31. The van der Waals surface area contributed by atoms with Crippen LogP contribution in [-0.4, -0.2) is 6.04 Å². The van der Waals surface area contributed by atoms with Gasteiger partial charge in [-0.2, -0.15) is 13.2 Å². The zero-order valence-corrected chi connectivity index (χ0v) is 9.95. The molecule has 1 heterocycles. The first kappa shape index (κ1) is 12.3. The van der Waals surface area contributed by atoms with Crippen LogP contribution < -0.4 is 5.73 Å². The summed E-state index contributed by atoms with van der Waals surface area (Å²) in [4.78, 5) is 0. The molecule has 1 aliphatic rings. The van der Waals surface area contributed by atoms with Gasteiger partial charge >= 0.3 is 6.18 Å². The maximum Gasteiger partial charge on any atom is 0.416 e. The first-order chi connectivity index (χ1) is 8.95. The highest BCUT2D eigenvalue weighted by molar-refractivity contribution is 5.59. The molecule has 0 saturated heterocycles. The Morgan fingerprint density at radius 3 is 2.53 bits per heavy atom. The number of alkyl halides is 3. The van der Waals surface area contributed by atoms with E-state index in [0.29, 0.717) is 11.3 Å². The fraction of sp³-hybridized carbons (Fsp3) is 0.286. The average Bonchev–Trinajstić information content (AvgIpc) is 2.91. The predicted octanol–water partition coefficient (Wildman–Crippen LogP) is 3.78. The Morgan fingerprint density at radius 2 is 1.89 bits per heavy atom. The molecule has 2 nitrogen and oxygen atoms in total. The molecule has 0 aliphatic heterocycles. The molecule has 0 amide bonds. The van der Waals surface area contributed by atoms with Gasteiger partial charge in [0.25, 0.3) is 0 Å². The fourth-order valence-electron chi connectivity index (χ4n) is 2.10. The number of halogens is 3. The maximum atomic E-state index is 12.6. The van der Waals surface area contributed by atoms with Crippen LogP contribution in [0.1, 0.15) is 23.7 Å². The van der Waals surface area contributed by atoms with Gasteiger partial charge in [0.1, 0.15) is 11.5 Å². The predicted molar refractivity (Wildman–Crippen MR) is 64.5 cm³/mol. The standard InChI is InChI=1S/C14H12F3NO/c15-14(16,17)9-3-1-2-8(6-9)12-4-5-13(19-12)10-7-11(10)18/h1-6,10-11H,7,18H2/t10-,11+/m1/s1. The lowest BCUT2D eigenvalue weighted by atomic mass is 10.1. The van der Waals surface area contributed by atoms with Gasteiger partial charge < -0.3 is 10.2 Å². The second kappa shape index (κ2) is 4.13. The summed E-state index contributed by atoms with van der Waals surface area (Å²) in [5, 5.41) is 0. The Balaban J connectivity index is 1.91. The Kier molecular flexibility index (Phi) is 2.67. The van der Waals surface area contributed by atoms with E-state index in [0.717, 1.165) is 24.3 Å². The van der Waals surface area contributed by atoms with Crippen LogP contribution in [0.2, 0.25) is 0 Å². The topological polar surface area (TPSA) is 39.2 Å². The molecule has 3 rings (SSSR count). The Hall–Kier alpha value is -1.75. The van der Waals surface area contributed by atoms with Crippen LogP contribution in [0.15, 0.2) is 40.8 Å². The minimum Gasteiger partial charge on any atom is -0.461 e. The SMILES string of the molecule is N[C@H]1C[C@H]1c1ccc(-c2cccc(C(F)(F)F)c2)o1. The van der Waals surface area contributed by atoms with Gasteiger partial charge in [-0.15, -0.1) is 0 Å². The zero-order valence-electron chi connectivity index (χ0n) is 9.95. The molecule has 2 aromatic rings. The summed E-state index contributed by atoms with van der Waals surface area (Å²) in [6.45, 7) is 0. The molecule has 2 atom stereocenters. The minimum absolute atomic E-state index is 0.112. The summed E-state index contributed by atoms with van der Waals surface area (Å²) in [6.07, 6.45) is -3.47. The van der Waals surface area contributed by atoms with Crippen molar-refractivity contribution >= 4 is 0 Å². The van der Waals surface area contributed by atoms with Crippen molar-refractivity contribution in [3.05, 3.63) is 47.7 Å². The molecular weight excluding hydrogens is 255 g/mol. The lowest BCUT2D eigenvalue weighted by molar-refractivity contribution is -0.137. The monoisotopic (exact) mass is 267 g/mol. The average molecular weight is 267 g/mol. The first-order valence-corrected chi connectivity index (χ1v) is 5.98. The lowest BCUT2D eigenvalue weighted by Crippen LogP contribution is -2.04. The van der Waals surface area contributed by atoms with Crippen molar-refractivity contribution < 1.29 is 17.6 Å². The summed E-state index contributed by atoms with van der Waals surface area (Å²) >= 11 is 0. The van der Waals surface area contributed by atoms with Crippen LogP contribution in [-0.2, 0) is 6.18 Å². The van der Waals surface area contributed by atoms with Gasteiger partial charge in [-0.25, -0.2) is 0 Å². The van der Waals surface area contributed by atoms with Gasteiger partial charge in [-0.1, -0.05) is 12.1 Å². The van der Waals surface area contributed by atoms with Crippen molar-refractivity contribution in [1.29, 1.82) is 0 Å². The normalized spacial score (nSPS) is 22.5. The van der Waals surface area contributed by atoms with Crippen LogP contribution in [0.4, 0.5) is 13.2 Å². The number of furan rings is 1. The van der Waals surface area contributed by atoms with E-state index in [9.17, 15) is 13.2 Å². The summed E-state index contributed by atoms with van der Waals surface area (Å²) in [5.74, 6) is 1.40. The molecule has 0 radical (unpaired) electrons. The van der Waals surface area contributed by atoms with E-state index >= 15 is 0 Å². The van der Waals surface area contributed by atoms with E-state index in [2.05, 4.69) is 0 Å². The second-order valence-corrected chi connectivity index (χ2v) is 4.79. The van der Waals surface area contributed by atoms with E-state index in [4.69, 9.17) is 10.2 Å². The van der Waals surface area contributed by atoms with E-state index in [1.807, 2.05) is 0 Å². The molecular formula is C14H12F3NO. The highest BCUT2D eigenvalue weighted by Crippen LogP contribution is 2.41. The summed E-state index contributed by atoms with van der Waals surface area (Å²) in [5.41, 5.74) is 5.47. The minimum atomic E-state index is -4.34. The molecule has 1 aliphatic carbocycles. The van der Waals surface area contributed by atoms with Gasteiger partial charge in [-0.3, -0.25) is 0 Å². The Bertz CT molecular complexity index is 603. The fourth-order valence-corrected chi connectivity index (χ4v) is 2.10. The molecule has 1 aromatic carbocycles. The number of nitrogens with two attached hydrogens (primary N) is 1. The molecule has 100 valence electrons. The largest absolute Gasteiger partial charge is 0.461 e. The molecule has 2 N–H and O–H groups in total. The third-order valence-corrected chi connectivity index (χ3v) is 3.31. The molecule has 0 bridgehead atoms. The van der Waals surface area contributed by atoms with E-state index in [1.165, 1.54) is 6.07 Å². The van der Waals surface area contributed by atoms with Crippen molar-refractivity contribution in [2.24, 2.45) is 5.73 Å². The summed E-state index contributed by atoms with van der Waals surface area (Å²) in [7, 11) is 0. The van der Waals surface area contributed by atoms with Crippen LogP contribution in [0.25, 0.3) is 11.3 Å². The van der Waals surface area contributed by atoms with Gasteiger partial charge in [0, 0.05) is 17.5 Å². The van der Waals surface area contributed by atoms with Crippen LogP contribution in [0, 0.1) is 0 Å². The summed E-state index contributed by atoms with van der Waals surface area (Å²) in [6, 6.07) is 8.71. The maximum absolute atomic E-state index is 12.6. The molecule has 1 fully saturated rings. The first-order valence-electron chi connectivity index (χ1n) is 5.98. The van der Waals surface area contributed by atoms with Crippen molar-refractivity contribution in [1.82, 2.24) is 0 Å². The van der Waals surface area contributed by atoms with Gasteiger partial charge in [0.2, 0.25) is 0 Å². The lowest BCUT2D eigenvalue weighted by Gasteiger charge is -2.07. The van der Waals surface area contributed by atoms with E-state index in [-0.39, 0.29) is 12.0 Å². The van der Waals surface area contributed by atoms with Crippen molar-refractivity contribution in [3.63, 3.8) is 0 Å². The Morgan fingerprint density at radius 1 is 1.16 bits per heavy atom. The van der Waals surface area contributed by atoms with Gasteiger partial charge in [-0.05, 0) is 30.7 Å². The number of hydrogen-bond donors (Lipinski definition) is 1. The highest BCUT2D eigenvalue weighted by Gasteiger charge is 2.37. The van der Waals surface area contributed by atoms with Crippen molar-refractivity contribution in [2.45, 2.75) is 24.6 Å². The number of benzene rings is 1. The number of rotatable bonds is 2. The van der Waals surface area contributed by atoms with Crippen molar-refractivity contribution in [3.8, 4) is 11.3 Å². The van der Waals surface area contributed by atoms with Gasteiger partial charge in [0.05, 0.1) is 5.56 Å².